The lowest BCUT2D eigenvalue weighted by atomic mass is 10.2. The number of para-hydroxylation sites is 1. The third-order valence-electron chi connectivity index (χ3n) is 4.06. The molecule has 1 aliphatic heterocycles. The molecule has 0 saturated carbocycles. The topological polar surface area (TPSA) is 46.1 Å². The number of hydrogen-bond acceptors (Lipinski definition) is 4. The van der Waals surface area contributed by atoms with E-state index in [0.29, 0.717) is 5.75 Å². The van der Waals surface area contributed by atoms with Crippen molar-refractivity contribution < 1.29 is 4.79 Å². The number of rotatable bonds is 3. The molecule has 2 aromatic carbocycles. The molecule has 0 spiro atoms. The zero-order chi connectivity index (χ0) is 15.6. The molecular formula is C18H15N3OS. The van der Waals surface area contributed by atoms with Crippen LogP contribution in [0.15, 0.2) is 59.8 Å². The Morgan fingerprint density at radius 2 is 1.96 bits per heavy atom. The van der Waals surface area contributed by atoms with E-state index in [2.05, 4.69) is 16.3 Å². The van der Waals surface area contributed by atoms with Crippen LogP contribution in [0.25, 0.3) is 10.8 Å². The molecule has 0 fully saturated rings. The molecule has 2 heterocycles. The summed E-state index contributed by atoms with van der Waals surface area (Å²) in [5, 5.41) is 11.1. The molecule has 114 valence electrons. The molecule has 4 nitrogen and oxygen atoms in total. The summed E-state index contributed by atoms with van der Waals surface area (Å²) in [4.78, 5) is 14.5. The second-order valence-corrected chi connectivity index (χ2v) is 6.41. The Balaban J connectivity index is 1.52. The molecule has 3 aromatic rings. The molecule has 1 amide bonds. The normalized spacial score (nSPS) is 13.3. The van der Waals surface area contributed by atoms with Crippen molar-refractivity contribution in [2.45, 2.75) is 11.4 Å². The highest BCUT2D eigenvalue weighted by Gasteiger charge is 2.24. The summed E-state index contributed by atoms with van der Waals surface area (Å²) in [5.41, 5.74) is 2.29. The van der Waals surface area contributed by atoms with Crippen LogP contribution in [0.2, 0.25) is 0 Å². The number of amides is 1. The fourth-order valence-corrected chi connectivity index (χ4v) is 3.78. The van der Waals surface area contributed by atoms with Crippen molar-refractivity contribution in [3.63, 3.8) is 0 Å². The van der Waals surface area contributed by atoms with Crippen molar-refractivity contribution in [1.29, 1.82) is 0 Å². The highest BCUT2D eigenvalue weighted by molar-refractivity contribution is 8.00. The summed E-state index contributed by atoms with van der Waals surface area (Å²) >= 11 is 1.45. The number of anilines is 1. The summed E-state index contributed by atoms with van der Waals surface area (Å²) in [6.45, 7) is 0.764. The number of carbonyl (C=O) groups is 1. The van der Waals surface area contributed by atoms with Crippen LogP contribution in [0.3, 0.4) is 0 Å². The average molecular weight is 321 g/mol. The largest absolute Gasteiger partial charge is 0.311 e. The second kappa shape index (κ2) is 6.01. The number of benzene rings is 2. The number of aromatic nitrogens is 2. The lowest BCUT2D eigenvalue weighted by molar-refractivity contribution is -0.116. The third kappa shape index (κ3) is 2.68. The van der Waals surface area contributed by atoms with Crippen molar-refractivity contribution in [3.8, 4) is 0 Å². The van der Waals surface area contributed by atoms with Gasteiger partial charge in [0.15, 0.2) is 0 Å². The highest BCUT2D eigenvalue weighted by atomic mass is 32.2. The van der Waals surface area contributed by atoms with Crippen molar-refractivity contribution in [2.75, 3.05) is 17.2 Å². The number of thioether (sulfide) groups is 1. The molecule has 1 aliphatic rings. The van der Waals surface area contributed by atoms with E-state index < -0.39 is 0 Å². The van der Waals surface area contributed by atoms with E-state index in [4.69, 9.17) is 0 Å². The summed E-state index contributed by atoms with van der Waals surface area (Å²) in [6.07, 6.45) is 2.68. The van der Waals surface area contributed by atoms with Gasteiger partial charge in [0.2, 0.25) is 5.91 Å². The fourth-order valence-electron chi connectivity index (χ4n) is 2.91. The molecular weight excluding hydrogens is 306 g/mol. The minimum absolute atomic E-state index is 0.120. The van der Waals surface area contributed by atoms with Crippen LogP contribution < -0.4 is 4.90 Å². The van der Waals surface area contributed by atoms with Gasteiger partial charge in [0.1, 0.15) is 5.03 Å². The lowest BCUT2D eigenvalue weighted by Gasteiger charge is -2.17. The van der Waals surface area contributed by atoms with E-state index in [1.165, 1.54) is 17.3 Å². The third-order valence-corrected chi connectivity index (χ3v) is 5.02. The van der Waals surface area contributed by atoms with Gasteiger partial charge in [0, 0.05) is 23.0 Å². The van der Waals surface area contributed by atoms with Crippen LogP contribution in [-0.4, -0.2) is 28.4 Å². The molecule has 0 saturated heterocycles. The molecule has 0 N–H and O–H groups in total. The first-order valence-electron chi connectivity index (χ1n) is 7.54. The van der Waals surface area contributed by atoms with Gasteiger partial charge >= 0.3 is 0 Å². The van der Waals surface area contributed by atoms with Crippen molar-refractivity contribution in [3.05, 3.63) is 60.3 Å². The number of fused-ring (bicyclic) bond motifs is 2. The van der Waals surface area contributed by atoms with Gasteiger partial charge < -0.3 is 4.90 Å². The van der Waals surface area contributed by atoms with Gasteiger partial charge in [0.05, 0.1) is 11.9 Å². The maximum atomic E-state index is 12.6. The van der Waals surface area contributed by atoms with E-state index in [-0.39, 0.29) is 5.91 Å². The zero-order valence-electron chi connectivity index (χ0n) is 12.5. The fraction of sp³-hybridized carbons (Fsp3) is 0.167. The summed E-state index contributed by atoms with van der Waals surface area (Å²) in [5.74, 6) is 0.492. The van der Waals surface area contributed by atoms with E-state index >= 15 is 0 Å². The van der Waals surface area contributed by atoms with Gasteiger partial charge in [-0.05, 0) is 18.1 Å². The van der Waals surface area contributed by atoms with Crippen LogP contribution in [0.5, 0.6) is 0 Å². The van der Waals surface area contributed by atoms with E-state index in [1.807, 2.05) is 47.4 Å². The van der Waals surface area contributed by atoms with Crippen LogP contribution in [0, 0.1) is 0 Å². The molecule has 0 aliphatic carbocycles. The van der Waals surface area contributed by atoms with Gasteiger partial charge in [-0.25, -0.2) is 0 Å². The van der Waals surface area contributed by atoms with Crippen LogP contribution in [-0.2, 0) is 11.2 Å². The van der Waals surface area contributed by atoms with Crippen LogP contribution in [0.1, 0.15) is 5.56 Å². The first kappa shape index (κ1) is 14.2. The molecule has 5 heteroatoms. The molecule has 23 heavy (non-hydrogen) atoms. The van der Waals surface area contributed by atoms with Gasteiger partial charge in [0.25, 0.3) is 0 Å². The van der Waals surface area contributed by atoms with Crippen molar-refractivity contribution >= 4 is 34.1 Å². The van der Waals surface area contributed by atoms with Gasteiger partial charge in [-0.2, -0.15) is 5.10 Å². The first-order chi connectivity index (χ1) is 11.3. The summed E-state index contributed by atoms with van der Waals surface area (Å²) < 4.78 is 0. The Hall–Kier alpha value is -2.40. The predicted octanol–water partition coefficient (Wildman–Crippen LogP) is 3.31. The quantitative estimate of drug-likeness (QED) is 0.694. The monoisotopic (exact) mass is 321 g/mol. The van der Waals surface area contributed by atoms with Crippen LogP contribution in [0.4, 0.5) is 5.69 Å². The van der Waals surface area contributed by atoms with E-state index in [1.54, 1.807) is 6.20 Å². The first-order valence-corrected chi connectivity index (χ1v) is 8.53. The predicted molar refractivity (Wildman–Crippen MR) is 92.8 cm³/mol. The molecule has 0 bridgehead atoms. The van der Waals surface area contributed by atoms with Gasteiger partial charge in [-0.3, -0.25) is 4.79 Å². The molecule has 0 atom stereocenters. The average Bonchev–Trinajstić information content (AvgIpc) is 3.04. The lowest BCUT2D eigenvalue weighted by Crippen LogP contribution is -2.30. The molecule has 0 unspecified atom stereocenters. The van der Waals surface area contributed by atoms with Gasteiger partial charge in [-0.1, -0.05) is 54.2 Å². The second-order valence-electron chi connectivity index (χ2n) is 5.45. The number of nitrogens with zero attached hydrogens (tertiary/aromatic N) is 3. The van der Waals surface area contributed by atoms with Gasteiger partial charge in [-0.15, -0.1) is 5.10 Å². The van der Waals surface area contributed by atoms with E-state index in [9.17, 15) is 4.79 Å². The van der Waals surface area contributed by atoms with Crippen molar-refractivity contribution in [1.82, 2.24) is 10.2 Å². The summed E-state index contributed by atoms with van der Waals surface area (Å²) in [7, 11) is 0. The Morgan fingerprint density at radius 3 is 2.91 bits per heavy atom. The number of hydrogen-bond donors (Lipinski definition) is 0. The smallest absolute Gasteiger partial charge is 0.237 e. The Morgan fingerprint density at radius 1 is 1.13 bits per heavy atom. The maximum absolute atomic E-state index is 12.6. The Labute approximate surface area is 138 Å². The highest BCUT2D eigenvalue weighted by Crippen LogP contribution is 2.30. The molecule has 0 radical (unpaired) electrons. The molecule has 1 aromatic heterocycles. The summed E-state index contributed by atoms with van der Waals surface area (Å²) in [6, 6.07) is 16.1. The SMILES string of the molecule is O=C(CSc1nncc2ccccc12)N1CCc2ccccc21. The Bertz CT molecular complexity index is 876. The Kier molecular flexibility index (Phi) is 3.71. The zero-order valence-corrected chi connectivity index (χ0v) is 13.3. The van der Waals surface area contributed by atoms with Crippen molar-refractivity contribution in [2.24, 2.45) is 0 Å². The minimum atomic E-state index is 0.120. The van der Waals surface area contributed by atoms with E-state index in [0.717, 1.165) is 34.5 Å². The number of carbonyl (C=O) groups excluding carboxylic acids is 1. The standard InChI is InChI=1S/C18H15N3OS/c22-17(21-10-9-13-5-2-4-8-16(13)21)12-23-18-15-7-3-1-6-14(15)11-19-20-18/h1-8,11H,9-10,12H2. The van der Waals surface area contributed by atoms with Crippen LogP contribution >= 0.6 is 11.8 Å². The molecule has 4 rings (SSSR count). The maximum Gasteiger partial charge on any atom is 0.237 e. The minimum Gasteiger partial charge on any atom is -0.311 e.